The summed E-state index contributed by atoms with van der Waals surface area (Å²) >= 11 is 0. The number of rotatable bonds is 2. The van der Waals surface area contributed by atoms with Crippen molar-refractivity contribution in [1.82, 2.24) is 9.88 Å². The van der Waals surface area contributed by atoms with Gasteiger partial charge in [0.25, 0.3) is 5.91 Å². The first-order chi connectivity index (χ1) is 8.61. The highest BCUT2D eigenvalue weighted by atomic mass is 16.2. The van der Waals surface area contributed by atoms with Gasteiger partial charge in [0.2, 0.25) is 0 Å². The van der Waals surface area contributed by atoms with Crippen LogP contribution in [0, 0.1) is 18.8 Å². The summed E-state index contributed by atoms with van der Waals surface area (Å²) in [4.78, 5) is 18.4. The highest BCUT2D eigenvalue weighted by Crippen LogP contribution is 2.23. The van der Waals surface area contributed by atoms with Crippen molar-refractivity contribution in [3.8, 4) is 0 Å². The van der Waals surface area contributed by atoms with Gasteiger partial charge in [-0.15, -0.1) is 0 Å². The molecule has 98 valence electrons. The number of aromatic nitrogens is 1. The van der Waals surface area contributed by atoms with Crippen molar-refractivity contribution in [2.45, 2.75) is 20.3 Å². The molecule has 1 saturated heterocycles. The van der Waals surface area contributed by atoms with Crippen LogP contribution in [0.2, 0.25) is 0 Å². The first-order valence-corrected chi connectivity index (χ1v) is 6.54. The molecule has 0 aromatic carbocycles. The first-order valence-electron chi connectivity index (χ1n) is 6.54. The van der Waals surface area contributed by atoms with Crippen LogP contribution in [0.4, 0.5) is 0 Å². The minimum atomic E-state index is 0.103. The second kappa shape index (κ2) is 5.48. The Bertz CT molecular complexity index is 433. The van der Waals surface area contributed by atoms with Gasteiger partial charge in [0.1, 0.15) is 0 Å². The molecule has 1 aromatic rings. The molecule has 1 aromatic heterocycles. The molecule has 4 heteroatoms. The molecule has 1 fully saturated rings. The minimum Gasteiger partial charge on any atom is -0.338 e. The van der Waals surface area contributed by atoms with E-state index in [0.717, 1.165) is 30.8 Å². The minimum absolute atomic E-state index is 0.103. The summed E-state index contributed by atoms with van der Waals surface area (Å²) in [6.45, 7) is 6.38. The van der Waals surface area contributed by atoms with Gasteiger partial charge in [0.15, 0.2) is 0 Å². The van der Waals surface area contributed by atoms with Gasteiger partial charge < -0.3 is 10.6 Å². The van der Waals surface area contributed by atoms with Gasteiger partial charge in [-0.05, 0) is 43.9 Å². The summed E-state index contributed by atoms with van der Waals surface area (Å²) in [5.41, 5.74) is 7.38. The molecule has 2 rings (SSSR count). The van der Waals surface area contributed by atoms with E-state index in [1.54, 1.807) is 12.3 Å². The zero-order valence-electron chi connectivity index (χ0n) is 11.1. The Morgan fingerprint density at radius 1 is 1.61 bits per heavy atom. The lowest BCUT2D eigenvalue weighted by Gasteiger charge is -2.36. The van der Waals surface area contributed by atoms with E-state index in [-0.39, 0.29) is 5.91 Å². The molecule has 4 nitrogen and oxygen atoms in total. The third-order valence-corrected chi connectivity index (χ3v) is 3.85. The zero-order chi connectivity index (χ0) is 13.1. The number of nitrogens with zero attached hydrogens (tertiary/aromatic N) is 2. The number of nitrogens with two attached hydrogens (primary N) is 1. The monoisotopic (exact) mass is 247 g/mol. The second-order valence-electron chi connectivity index (χ2n) is 5.20. The van der Waals surface area contributed by atoms with Crippen LogP contribution in [0.15, 0.2) is 18.3 Å². The molecule has 18 heavy (non-hydrogen) atoms. The molecule has 2 N–H and O–H groups in total. The lowest BCUT2D eigenvalue weighted by molar-refractivity contribution is 0.0618. The lowest BCUT2D eigenvalue weighted by atomic mass is 9.87. The molecular formula is C14H21N3O. The SMILES string of the molecule is Cc1cc(C(=O)N2CCC(C)C(CN)C2)ccn1. The zero-order valence-corrected chi connectivity index (χ0v) is 11.1. The van der Waals surface area contributed by atoms with Crippen LogP contribution < -0.4 is 5.73 Å². The molecule has 0 radical (unpaired) electrons. The fraction of sp³-hybridized carbons (Fsp3) is 0.571. The third kappa shape index (κ3) is 2.70. The predicted molar refractivity (Wildman–Crippen MR) is 71.2 cm³/mol. The predicted octanol–water partition coefficient (Wildman–Crippen LogP) is 1.45. The Balaban J connectivity index is 2.10. The molecule has 2 atom stereocenters. The van der Waals surface area contributed by atoms with Crippen LogP contribution >= 0.6 is 0 Å². The summed E-state index contributed by atoms with van der Waals surface area (Å²) in [6.07, 6.45) is 2.73. The summed E-state index contributed by atoms with van der Waals surface area (Å²) in [6, 6.07) is 3.63. The number of hydrogen-bond acceptors (Lipinski definition) is 3. The molecule has 1 aliphatic rings. The molecule has 0 spiro atoms. The van der Waals surface area contributed by atoms with Gasteiger partial charge in [0.05, 0.1) is 0 Å². The van der Waals surface area contributed by atoms with Crippen molar-refractivity contribution in [1.29, 1.82) is 0 Å². The van der Waals surface area contributed by atoms with E-state index in [1.165, 1.54) is 0 Å². The van der Waals surface area contributed by atoms with E-state index in [2.05, 4.69) is 11.9 Å². The van der Waals surface area contributed by atoms with E-state index in [9.17, 15) is 4.79 Å². The van der Waals surface area contributed by atoms with Crippen LogP contribution in [-0.4, -0.2) is 35.4 Å². The number of piperidine rings is 1. The molecule has 0 saturated carbocycles. The Morgan fingerprint density at radius 3 is 3.06 bits per heavy atom. The molecule has 2 heterocycles. The summed E-state index contributed by atoms with van der Waals surface area (Å²) in [5.74, 6) is 1.13. The maximum atomic E-state index is 12.4. The Hall–Kier alpha value is -1.42. The van der Waals surface area contributed by atoms with E-state index in [0.29, 0.717) is 18.4 Å². The van der Waals surface area contributed by atoms with Crippen LogP contribution in [0.5, 0.6) is 0 Å². The molecule has 0 aliphatic carbocycles. The van der Waals surface area contributed by atoms with E-state index in [1.807, 2.05) is 17.9 Å². The van der Waals surface area contributed by atoms with E-state index < -0.39 is 0 Å². The quantitative estimate of drug-likeness (QED) is 0.860. The van der Waals surface area contributed by atoms with E-state index in [4.69, 9.17) is 5.73 Å². The third-order valence-electron chi connectivity index (χ3n) is 3.85. The largest absolute Gasteiger partial charge is 0.338 e. The number of carbonyl (C=O) groups excluding carboxylic acids is 1. The Morgan fingerprint density at radius 2 is 2.39 bits per heavy atom. The van der Waals surface area contributed by atoms with Crippen molar-refractivity contribution in [3.05, 3.63) is 29.6 Å². The normalized spacial score (nSPS) is 24.1. The molecular weight excluding hydrogens is 226 g/mol. The molecule has 2 unspecified atom stereocenters. The van der Waals surface area contributed by atoms with E-state index >= 15 is 0 Å². The average molecular weight is 247 g/mol. The van der Waals surface area contributed by atoms with Crippen LogP contribution in [0.3, 0.4) is 0 Å². The smallest absolute Gasteiger partial charge is 0.253 e. The first kappa shape index (κ1) is 13.0. The number of likely N-dealkylation sites (tertiary alicyclic amines) is 1. The number of pyridine rings is 1. The van der Waals surface area contributed by atoms with Gasteiger partial charge in [-0.1, -0.05) is 6.92 Å². The molecule has 1 aliphatic heterocycles. The number of amides is 1. The maximum Gasteiger partial charge on any atom is 0.253 e. The van der Waals surface area contributed by atoms with Crippen molar-refractivity contribution in [3.63, 3.8) is 0 Å². The summed E-state index contributed by atoms with van der Waals surface area (Å²) in [7, 11) is 0. The fourth-order valence-electron chi connectivity index (χ4n) is 2.50. The second-order valence-corrected chi connectivity index (χ2v) is 5.20. The van der Waals surface area contributed by atoms with Gasteiger partial charge in [-0.2, -0.15) is 0 Å². The Kier molecular flexibility index (Phi) is 3.97. The number of aryl methyl sites for hydroxylation is 1. The Labute approximate surface area is 108 Å². The summed E-state index contributed by atoms with van der Waals surface area (Å²) < 4.78 is 0. The highest BCUT2D eigenvalue weighted by molar-refractivity contribution is 5.94. The highest BCUT2D eigenvalue weighted by Gasteiger charge is 2.28. The summed E-state index contributed by atoms with van der Waals surface area (Å²) in [5, 5.41) is 0. The van der Waals surface area contributed by atoms with Crippen molar-refractivity contribution >= 4 is 5.91 Å². The van der Waals surface area contributed by atoms with Crippen molar-refractivity contribution in [2.24, 2.45) is 17.6 Å². The maximum absolute atomic E-state index is 12.4. The standard InChI is InChI=1S/C14H21N3O/c1-10-4-6-17(9-13(10)8-15)14(18)12-3-5-16-11(2)7-12/h3,5,7,10,13H,4,6,8-9,15H2,1-2H3. The van der Waals surface area contributed by atoms with Crippen molar-refractivity contribution < 1.29 is 4.79 Å². The topological polar surface area (TPSA) is 59.2 Å². The van der Waals surface area contributed by atoms with Crippen molar-refractivity contribution in [2.75, 3.05) is 19.6 Å². The van der Waals surface area contributed by atoms with Gasteiger partial charge in [0, 0.05) is 30.5 Å². The lowest BCUT2D eigenvalue weighted by Crippen LogP contribution is -2.45. The van der Waals surface area contributed by atoms with Gasteiger partial charge in [-0.3, -0.25) is 9.78 Å². The fourth-order valence-corrected chi connectivity index (χ4v) is 2.50. The number of hydrogen-bond donors (Lipinski definition) is 1. The van der Waals surface area contributed by atoms with Gasteiger partial charge >= 0.3 is 0 Å². The van der Waals surface area contributed by atoms with Gasteiger partial charge in [-0.25, -0.2) is 0 Å². The number of carbonyl (C=O) groups is 1. The van der Waals surface area contributed by atoms with Crippen LogP contribution in [0.25, 0.3) is 0 Å². The molecule has 0 bridgehead atoms. The molecule has 1 amide bonds. The van der Waals surface area contributed by atoms with Crippen LogP contribution in [-0.2, 0) is 0 Å². The average Bonchev–Trinajstić information content (AvgIpc) is 2.38. The van der Waals surface area contributed by atoms with Crippen LogP contribution in [0.1, 0.15) is 29.4 Å².